The smallest absolute Gasteiger partial charge is 0.164 e. The molecule has 226 valence electrons. The van der Waals surface area contributed by atoms with Crippen molar-refractivity contribution >= 4 is 0 Å². The molecule has 3 heterocycles. The van der Waals surface area contributed by atoms with Crippen molar-refractivity contribution in [3.8, 4) is 78.9 Å². The van der Waals surface area contributed by atoms with Crippen LogP contribution in [0.3, 0.4) is 0 Å². The summed E-state index contributed by atoms with van der Waals surface area (Å²) in [5.74, 6) is 1.91. The third-order valence-corrected chi connectivity index (χ3v) is 8.20. The molecule has 5 heteroatoms. The summed E-state index contributed by atoms with van der Waals surface area (Å²) >= 11 is 0. The summed E-state index contributed by atoms with van der Waals surface area (Å²) in [7, 11) is 0. The first-order valence-corrected chi connectivity index (χ1v) is 15.8. The Kier molecular flexibility index (Phi) is 7.83. The first-order valence-electron chi connectivity index (χ1n) is 15.8. The third kappa shape index (κ3) is 6.13. The molecule has 8 aromatic rings. The van der Waals surface area contributed by atoms with Gasteiger partial charge in [-0.05, 0) is 76.9 Å². The first-order chi connectivity index (χ1) is 23.8. The van der Waals surface area contributed by atoms with Crippen LogP contribution in [-0.4, -0.2) is 24.9 Å². The number of benzene rings is 5. The van der Waals surface area contributed by atoms with Crippen molar-refractivity contribution in [2.24, 2.45) is 0 Å². The maximum atomic E-state index is 4.94. The second-order valence-corrected chi connectivity index (χ2v) is 11.4. The van der Waals surface area contributed by atoms with E-state index in [9.17, 15) is 0 Å². The molecule has 0 N–H and O–H groups in total. The molecule has 0 bridgehead atoms. The zero-order valence-electron chi connectivity index (χ0n) is 26.0. The summed E-state index contributed by atoms with van der Waals surface area (Å²) in [5.41, 5.74) is 11.1. The molecule has 0 aliphatic heterocycles. The lowest BCUT2D eigenvalue weighted by Crippen LogP contribution is -2.00. The van der Waals surface area contributed by atoms with Gasteiger partial charge in [0.2, 0.25) is 0 Å². The lowest BCUT2D eigenvalue weighted by atomic mass is 9.94. The van der Waals surface area contributed by atoms with Gasteiger partial charge in [-0.15, -0.1) is 0 Å². The summed E-state index contributed by atoms with van der Waals surface area (Å²) in [6.07, 6.45) is 3.66. The summed E-state index contributed by atoms with van der Waals surface area (Å²) in [4.78, 5) is 24.0. The van der Waals surface area contributed by atoms with E-state index in [4.69, 9.17) is 15.0 Å². The highest BCUT2D eigenvalue weighted by molar-refractivity contribution is 5.82. The fourth-order valence-electron chi connectivity index (χ4n) is 5.81. The van der Waals surface area contributed by atoms with Crippen LogP contribution in [0.25, 0.3) is 78.9 Å². The second kappa shape index (κ2) is 13.0. The number of hydrogen-bond acceptors (Lipinski definition) is 5. The van der Waals surface area contributed by atoms with Crippen molar-refractivity contribution < 1.29 is 0 Å². The van der Waals surface area contributed by atoms with E-state index < -0.39 is 0 Å². The zero-order chi connectivity index (χ0) is 32.1. The molecule has 0 saturated carbocycles. The Morgan fingerprint density at radius 1 is 0.250 bits per heavy atom. The Labute approximate surface area is 279 Å². The van der Waals surface area contributed by atoms with Crippen LogP contribution in [0.15, 0.2) is 176 Å². The monoisotopic (exact) mass is 615 g/mol. The minimum Gasteiger partial charge on any atom is -0.256 e. The zero-order valence-corrected chi connectivity index (χ0v) is 26.0. The molecule has 0 atom stereocenters. The summed E-state index contributed by atoms with van der Waals surface area (Å²) < 4.78 is 0. The van der Waals surface area contributed by atoms with Crippen LogP contribution in [0.1, 0.15) is 0 Å². The lowest BCUT2D eigenvalue weighted by Gasteiger charge is -2.12. The molecule has 0 unspecified atom stereocenters. The first kappa shape index (κ1) is 28.9. The van der Waals surface area contributed by atoms with Crippen molar-refractivity contribution in [2.75, 3.05) is 0 Å². The third-order valence-electron chi connectivity index (χ3n) is 8.20. The van der Waals surface area contributed by atoms with Crippen LogP contribution in [0.4, 0.5) is 0 Å². The Morgan fingerprint density at radius 3 is 1.08 bits per heavy atom. The molecule has 5 nitrogen and oxygen atoms in total. The van der Waals surface area contributed by atoms with Gasteiger partial charge in [0.1, 0.15) is 0 Å². The maximum Gasteiger partial charge on any atom is 0.164 e. The predicted octanol–water partition coefficient (Wildman–Crippen LogP) is 10.3. The maximum absolute atomic E-state index is 4.94. The van der Waals surface area contributed by atoms with Crippen molar-refractivity contribution in [1.82, 2.24) is 24.9 Å². The van der Waals surface area contributed by atoms with Crippen LogP contribution < -0.4 is 0 Å². The van der Waals surface area contributed by atoms with Gasteiger partial charge in [0, 0.05) is 40.2 Å². The predicted molar refractivity (Wildman–Crippen MR) is 193 cm³/mol. The molecule has 5 aromatic carbocycles. The van der Waals surface area contributed by atoms with E-state index in [1.54, 1.807) is 0 Å². The summed E-state index contributed by atoms with van der Waals surface area (Å²) in [6, 6.07) is 55.7. The van der Waals surface area contributed by atoms with Gasteiger partial charge >= 0.3 is 0 Å². The van der Waals surface area contributed by atoms with Gasteiger partial charge in [-0.25, -0.2) is 15.0 Å². The average Bonchev–Trinajstić information content (AvgIpc) is 3.19. The quantitative estimate of drug-likeness (QED) is 0.178. The molecule has 0 saturated heterocycles. The van der Waals surface area contributed by atoms with Crippen LogP contribution in [0.2, 0.25) is 0 Å². The Bertz CT molecular complexity index is 2040. The largest absolute Gasteiger partial charge is 0.256 e. The average molecular weight is 616 g/mol. The molecule has 3 aromatic heterocycles. The lowest BCUT2D eigenvalue weighted by molar-refractivity contribution is 1.07. The van der Waals surface area contributed by atoms with E-state index in [2.05, 4.69) is 76.7 Å². The molecule has 48 heavy (non-hydrogen) atoms. The van der Waals surface area contributed by atoms with Crippen molar-refractivity contribution in [2.45, 2.75) is 0 Å². The number of nitrogens with zero attached hydrogens (tertiary/aromatic N) is 5. The minimum atomic E-state index is 0.628. The van der Waals surface area contributed by atoms with E-state index >= 15 is 0 Å². The minimum absolute atomic E-state index is 0.628. The van der Waals surface area contributed by atoms with Crippen molar-refractivity contribution in [3.05, 3.63) is 176 Å². The van der Waals surface area contributed by atoms with Gasteiger partial charge in [0.05, 0.1) is 11.4 Å². The molecule has 0 aliphatic carbocycles. The van der Waals surface area contributed by atoms with E-state index in [1.807, 2.05) is 109 Å². The van der Waals surface area contributed by atoms with Crippen molar-refractivity contribution in [1.29, 1.82) is 0 Å². The summed E-state index contributed by atoms with van der Waals surface area (Å²) in [5, 5.41) is 0. The van der Waals surface area contributed by atoms with Gasteiger partial charge in [0.25, 0.3) is 0 Å². The fourth-order valence-corrected chi connectivity index (χ4v) is 5.81. The van der Waals surface area contributed by atoms with E-state index in [1.165, 1.54) is 0 Å². The molecule has 0 radical (unpaired) electrons. The SMILES string of the molecule is c1ccc(-c2nc(-c3ccccc3)nc(-c3cccc(-c4cccc(-c5cc(-c6ccccn6)cc(-c6ccccn6)c5)c4)c3)n2)cc1. The Hall–Kier alpha value is -6.59. The molecule has 8 rings (SSSR count). The number of aromatic nitrogens is 5. The van der Waals surface area contributed by atoms with Gasteiger partial charge in [-0.1, -0.05) is 109 Å². The highest BCUT2D eigenvalue weighted by atomic mass is 15.0. The molecule has 0 amide bonds. The fraction of sp³-hybridized carbons (Fsp3) is 0. The topological polar surface area (TPSA) is 64.5 Å². The molecular weight excluding hydrogens is 587 g/mol. The number of hydrogen-bond donors (Lipinski definition) is 0. The van der Waals surface area contributed by atoms with Gasteiger partial charge in [-0.3, -0.25) is 9.97 Å². The number of pyridine rings is 2. The Balaban J connectivity index is 1.21. The normalized spacial score (nSPS) is 10.9. The molecule has 0 fully saturated rings. The highest BCUT2D eigenvalue weighted by Gasteiger charge is 2.14. The van der Waals surface area contributed by atoms with Gasteiger partial charge in [0.15, 0.2) is 17.5 Å². The van der Waals surface area contributed by atoms with Gasteiger partial charge < -0.3 is 0 Å². The van der Waals surface area contributed by atoms with E-state index in [0.29, 0.717) is 17.5 Å². The highest BCUT2D eigenvalue weighted by Crippen LogP contribution is 2.34. The van der Waals surface area contributed by atoms with E-state index in [-0.39, 0.29) is 0 Å². The molecular formula is C43H29N5. The van der Waals surface area contributed by atoms with Gasteiger partial charge in [-0.2, -0.15) is 0 Å². The van der Waals surface area contributed by atoms with Crippen molar-refractivity contribution in [3.63, 3.8) is 0 Å². The molecule has 0 aliphatic rings. The van der Waals surface area contributed by atoms with Crippen LogP contribution in [-0.2, 0) is 0 Å². The Morgan fingerprint density at radius 2 is 0.604 bits per heavy atom. The van der Waals surface area contributed by atoms with E-state index in [0.717, 1.165) is 61.5 Å². The second-order valence-electron chi connectivity index (χ2n) is 11.4. The van der Waals surface area contributed by atoms with Crippen LogP contribution >= 0.6 is 0 Å². The van der Waals surface area contributed by atoms with Crippen LogP contribution in [0, 0.1) is 0 Å². The summed E-state index contributed by atoms with van der Waals surface area (Å²) in [6.45, 7) is 0. The molecule has 0 spiro atoms. The number of rotatable bonds is 7. The standard InChI is InChI=1S/C43H29N5/c1-3-13-30(14-4-1)41-46-42(31-15-5-2-6-16-31)48-43(47-41)35-20-12-18-33(26-35)32-17-11-19-34(25-32)36-27-37(39-21-7-9-23-44-39)29-38(28-36)40-22-8-10-24-45-40/h1-29H. The van der Waals surface area contributed by atoms with Crippen LogP contribution in [0.5, 0.6) is 0 Å².